The van der Waals surface area contributed by atoms with Gasteiger partial charge >= 0.3 is 0 Å². The molecule has 3 aromatic carbocycles. The van der Waals surface area contributed by atoms with Gasteiger partial charge in [-0.15, -0.1) is 0 Å². The van der Waals surface area contributed by atoms with E-state index in [1.54, 1.807) is 36.4 Å². The minimum Gasteiger partial charge on any atom is -0.377 e. The second-order valence-electron chi connectivity index (χ2n) is 8.87. The summed E-state index contributed by atoms with van der Waals surface area (Å²) in [4.78, 5) is 13.6. The number of nitro groups is 1. The van der Waals surface area contributed by atoms with Gasteiger partial charge in [-0.25, -0.2) is 8.42 Å². The van der Waals surface area contributed by atoms with Crippen LogP contribution in [0.1, 0.15) is 18.9 Å². The minimum absolute atomic E-state index is 0.0294. The summed E-state index contributed by atoms with van der Waals surface area (Å²) in [6.45, 7) is 3.69. The number of nitro benzene ring substituents is 1. The number of benzene rings is 3. The largest absolute Gasteiger partial charge is 0.377 e. The van der Waals surface area contributed by atoms with Crippen LogP contribution in [0.15, 0.2) is 82.2 Å². The Morgan fingerprint density at radius 2 is 1.67 bits per heavy atom. The molecule has 8 nitrogen and oxygen atoms in total. The Morgan fingerprint density at radius 3 is 2.31 bits per heavy atom. The lowest BCUT2D eigenvalue weighted by Gasteiger charge is -2.35. The van der Waals surface area contributed by atoms with Crippen LogP contribution in [-0.4, -0.2) is 49.9 Å². The molecule has 0 spiro atoms. The van der Waals surface area contributed by atoms with Crippen molar-refractivity contribution in [3.63, 3.8) is 0 Å². The molecular weight excluding hydrogens is 544 g/mol. The molecule has 1 saturated heterocycles. The summed E-state index contributed by atoms with van der Waals surface area (Å²) in [5, 5.41) is 15.0. The minimum atomic E-state index is -3.57. The lowest BCUT2D eigenvalue weighted by Crippen LogP contribution is -2.48. The maximum atomic E-state index is 13.0. The van der Waals surface area contributed by atoms with Gasteiger partial charge in [-0.2, -0.15) is 4.31 Å². The third kappa shape index (κ3) is 6.24. The van der Waals surface area contributed by atoms with E-state index in [9.17, 15) is 18.5 Å². The Kier molecular flexibility index (Phi) is 8.28. The highest BCUT2D eigenvalue weighted by Crippen LogP contribution is 2.31. The van der Waals surface area contributed by atoms with Crippen molar-refractivity contribution in [2.45, 2.75) is 30.7 Å². The van der Waals surface area contributed by atoms with Crippen LogP contribution in [0.5, 0.6) is 0 Å². The van der Waals surface area contributed by atoms with Crippen LogP contribution >= 0.6 is 15.9 Å². The van der Waals surface area contributed by atoms with Crippen molar-refractivity contribution in [2.75, 3.05) is 36.4 Å². The predicted molar refractivity (Wildman–Crippen MR) is 146 cm³/mol. The zero-order chi connectivity index (χ0) is 25.7. The van der Waals surface area contributed by atoms with Crippen LogP contribution in [0.25, 0.3) is 0 Å². The molecule has 1 fully saturated rings. The van der Waals surface area contributed by atoms with E-state index in [4.69, 9.17) is 0 Å². The first kappa shape index (κ1) is 26.1. The van der Waals surface area contributed by atoms with E-state index in [1.807, 2.05) is 25.1 Å². The summed E-state index contributed by atoms with van der Waals surface area (Å²) in [5.74, 6) is 0. The third-order valence-electron chi connectivity index (χ3n) is 6.34. The summed E-state index contributed by atoms with van der Waals surface area (Å²) in [6.07, 6.45) is 1.70. The first-order valence-corrected chi connectivity index (χ1v) is 14.1. The van der Waals surface area contributed by atoms with Gasteiger partial charge in [0.05, 0.1) is 9.82 Å². The monoisotopic (exact) mass is 572 g/mol. The number of anilines is 2. The van der Waals surface area contributed by atoms with Gasteiger partial charge in [0.15, 0.2) is 0 Å². The fourth-order valence-corrected chi connectivity index (χ4v) is 5.99. The standard InChI is InChI=1S/C26H29BrN4O4S/c1-20(7-8-21-5-3-2-4-6-21)28-25-19-23(11-14-26(25)31(32)33)29-15-17-30(18-16-29)36(34,35)24-12-9-22(27)10-13-24/h2-6,9-14,19-20,28H,7-8,15-18H2,1H3/t20-/m0/s1. The molecule has 1 aliphatic rings. The molecule has 3 aromatic rings. The topological polar surface area (TPSA) is 95.8 Å². The zero-order valence-electron chi connectivity index (χ0n) is 20.0. The number of hydrogen-bond donors (Lipinski definition) is 1. The summed E-state index contributed by atoms with van der Waals surface area (Å²) in [7, 11) is -3.57. The number of nitrogens with one attached hydrogen (secondary N) is 1. The molecule has 0 amide bonds. The fraction of sp³-hybridized carbons (Fsp3) is 0.308. The average Bonchev–Trinajstić information content (AvgIpc) is 2.88. The summed E-state index contributed by atoms with van der Waals surface area (Å²) in [6, 6.07) is 21.9. The number of nitrogens with zero attached hydrogens (tertiary/aromatic N) is 3. The number of sulfonamides is 1. The van der Waals surface area contributed by atoms with E-state index in [2.05, 4.69) is 38.3 Å². The Hall–Kier alpha value is -2.95. The molecule has 0 aromatic heterocycles. The molecule has 1 atom stereocenters. The molecule has 4 rings (SSSR count). The summed E-state index contributed by atoms with van der Waals surface area (Å²) < 4.78 is 28.3. The van der Waals surface area contributed by atoms with Gasteiger partial charge in [0.25, 0.3) is 5.69 Å². The van der Waals surface area contributed by atoms with Crippen molar-refractivity contribution in [1.82, 2.24) is 4.31 Å². The van der Waals surface area contributed by atoms with E-state index < -0.39 is 10.0 Å². The maximum Gasteiger partial charge on any atom is 0.292 e. The number of halogens is 1. The first-order valence-electron chi connectivity index (χ1n) is 11.8. The highest BCUT2D eigenvalue weighted by molar-refractivity contribution is 9.10. The molecule has 36 heavy (non-hydrogen) atoms. The van der Waals surface area contributed by atoms with Crippen LogP contribution < -0.4 is 10.2 Å². The highest BCUT2D eigenvalue weighted by atomic mass is 79.9. The Morgan fingerprint density at radius 1 is 1.00 bits per heavy atom. The van der Waals surface area contributed by atoms with E-state index in [0.29, 0.717) is 31.9 Å². The molecule has 0 aliphatic carbocycles. The van der Waals surface area contributed by atoms with E-state index in [-0.39, 0.29) is 21.5 Å². The molecule has 1 aliphatic heterocycles. The van der Waals surface area contributed by atoms with Gasteiger partial charge in [0, 0.05) is 48.4 Å². The zero-order valence-corrected chi connectivity index (χ0v) is 22.4. The van der Waals surface area contributed by atoms with Gasteiger partial charge in [-0.05, 0) is 61.7 Å². The number of hydrogen-bond acceptors (Lipinski definition) is 6. The van der Waals surface area contributed by atoms with Crippen molar-refractivity contribution in [3.8, 4) is 0 Å². The average molecular weight is 574 g/mol. The van der Waals surface area contributed by atoms with Crippen molar-refractivity contribution >= 4 is 43.0 Å². The van der Waals surface area contributed by atoms with Crippen LogP contribution in [0.2, 0.25) is 0 Å². The van der Waals surface area contributed by atoms with Crippen molar-refractivity contribution in [1.29, 1.82) is 0 Å². The Bertz CT molecular complexity index is 1300. The molecule has 0 radical (unpaired) electrons. The second kappa shape index (κ2) is 11.4. The Balaban J connectivity index is 1.43. The highest BCUT2D eigenvalue weighted by Gasteiger charge is 2.29. The van der Waals surface area contributed by atoms with Crippen molar-refractivity contribution < 1.29 is 13.3 Å². The number of piperazine rings is 1. The predicted octanol–water partition coefficient (Wildman–Crippen LogP) is 5.30. The smallest absolute Gasteiger partial charge is 0.292 e. The van der Waals surface area contributed by atoms with Crippen molar-refractivity contribution in [2.24, 2.45) is 0 Å². The molecule has 0 saturated carbocycles. The quantitative estimate of drug-likeness (QED) is 0.276. The molecular formula is C26H29BrN4O4S. The van der Waals surface area contributed by atoms with Gasteiger partial charge in [0.2, 0.25) is 10.0 Å². The van der Waals surface area contributed by atoms with E-state index >= 15 is 0 Å². The van der Waals surface area contributed by atoms with Crippen LogP contribution in [0, 0.1) is 10.1 Å². The van der Waals surface area contributed by atoms with Crippen molar-refractivity contribution in [3.05, 3.63) is 92.9 Å². The molecule has 1 N–H and O–H groups in total. The van der Waals surface area contributed by atoms with Gasteiger partial charge in [0.1, 0.15) is 5.69 Å². The molecule has 1 heterocycles. The van der Waals surface area contributed by atoms with Gasteiger partial charge in [-0.1, -0.05) is 46.3 Å². The lowest BCUT2D eigenvalue weighted by atomic mass is 10.1. The fourth-order valence-electron chi connectivity index (χ4n) is 4.30. The summed E-state index contributed by atoms with van der Waals surface area (Å²) in [5.41, 5.74) is 2.56. The van der Waals surface area contributed by atoms with Gasteiger partial charge in [-0.3, -0.25) is 10.1 Å². The summed E-state index contributed by atoms with van der Waals surface area (Å²) >= 11 is 3.33. The first-order chi connectivity index (χ1) is 17.2. The van der Waals surface area contributed by atoms with Gasteiger partial charge < -0.3 is 10.2 Å². The Labute approximate surface area is 220 Å². The number of rotatable bonds is 9. The van der Waals surface area contributed by atoms with Crippen LogP contribution in [0.3, 0.4) is 0 Å². The molecule has 0 bridgehead atoms. The maximum absolute atomic E-state index is 13.0. The third-order valence-corrected chi connectivity index (χ3v) is 8.78. The number of aryl methyl sites for hydroxylation is 1. The van der Waals surface area contributed by atoms with Crippen LogP contribution in [-0.2, 0) is 16.4 Å². The van der Waals surface area contributed by atoms with E-state index in [0.717, 1.165) is 23.0 Å². The molecule has 10 heteroatoms. The lowest BCUT2D eigenvalue weighted by molar-refractivity contribution is -0.384. The SMILES string of the molecule is C[C@@H](CCc1ccccc1)Nc1cc(N2CCN(S(=O)(=O)c3ccc(Br)cc3)CC2)ccc1[N+](=O)[O-]. The second-order valence-corrected chi connectivity index (χ2v) is 11.7. The van der Waals surface area contributed by atoms with Crippen LogP contribution in [0.4, 0.5) is 17.1 Å². The normalized spacial score (nSPS) is 15.4. The molecule has 190 valence electrons. The van der Waals surface area contributed by atoms with E-state index in [1.165, 1.54) is 15.9 Å². The molecule has 0 unspecified atom stereocenters.